The number of para-hydroxylation sites is 2. The fraction of sp³-hybridized carbons (Fsp3) is 0.404. The highest BCUT2D eigenvalue weighted by molar-refractivity contribution is 5.79. The summed E-state index contributed by atoms with van der Waals surface area (Å²) in [6.45, 7) is 4.21. The number of unbranched alkanes of at least 4 members (excludes halogenated alkanes) is 3. The third-order valence-electron chi connectivity index (χ3n) is 9.95. The summed E-state index contributed by atoms with van der Waals surface area (Å²) in [6, 6.07) is 16.7. The van der Waals surface area contributed by atoms with Gasteiger partial charge in [-0.05, 0) is 94.0 Å². The first-order valence-electron chi connectivity index (χ1n) is 20.6. The summed E-state index contributed by atoms with van der Waals surface area (Å²) in [7, 11) is 2.00. The van der Waals surface area contributed by atoms with Crippen LogP contribution in [0.4, 0.5) is 16.3 Å². The number of anilines is 2. The van der Waals surface area contributed by atoms with E-state index in [0.717, 1.165) is 106 Å². The summed E-state index contributed by atoms with van der Waals surface area (Å²) in [5, 5.41) is 0. The number of hydrogen-bond acceptors (Lipinski definition) is 8. The van der Waals surface area contributed by atoms with Gasteiger partial charge in [-0.15, -0.1) is 0 Å². The molecule has 0 bridgehead atoms. The molecule has 4 aromatic rings. The van der Waals surface area contributed by atoms with Crippen LogP contribution in [0.15, 0.2) is 122 Å². The lowest BCUT2D eigenvalue weighted by molar-refractivity contribution is -0.150. The molecule has 0 radical (unpaired) electrons. The first kappa shape index (κ1) is 42.6. The summed E-state index contributed by atoms with van der Waals surface area (Å²) in [6.07, 6.45) is 34.7. The van der Waals surface area contributed by atoms with Crippen molar-refractivity contribution in [3.8, 4) is 5.88 Å². The number of piperidine rings is 1. The summed E-state index contributed by atoms with van der Waals surface area (Å²) in [5.74, 6) is 1.34. The van der Waals surface area contributed by atoms with Crippen molar-refractivity contribution in [1.29, 1.82) is 0 Å². The molecule has 302 valence electrons. The minimum absolute atomic E-state index is 0.184. The van der Waals surface area contributed by atoms with Gasteiger partial charge in [0.15, 0.2) is 0 Å². The number of carbonyl (C=O) groups is 1. The van der Waals surface area contributed by atoms with Crippen molar-refractivity contribution in [3.05, 3.63) is 133 Å². The molecule has 10 heteroatoms. The fourth-order valence-corrected chi connectivity index (χ4v) is 6.74. The number of benzene rings is 2. The molecule has 0 unspecified atom stereocenters. The number of esters is 1. The highest BCUT2D eigenvalue weighted by Gasteiger charge is 2.27. The molecule has 0 spiro atoms. The van der Waals surface area contributed by atoms with Crippen LogP contribution in [0.25, 0.3) is 11.0 Å². The van der Waals surface area contributed by atoms with Crippen molar-refractivity contribution in [2.45, 2.75) is 96.6 Å². The van der Waals surface area contributed by atoms with Crippen LogP contribution in [0.1, 0.15) is 89.5 Å². The van der Waals surface area contributed by atoms with Crippen LogP contribution in [0, 0.1) is 5.82 Å². The molecule has 2 aromatic carbocycles. The molecule has 1 aliphatic rings. The molecule has 3 heterocycles. The maximum absolute atomic E-state index is 13.6. The van der Waals surface area contributed by atoms with Crippen molar-refractivity contribution in [3.63, 3.8) is 0 Å². The van der Waals surface area contributed by atoms with E-state index in [9.17, 15) is 9.18 Å². The van der Waals surface area contributed by atoms with Crippen LogP contribution < -0.4 is 14.5 Å². The van der Waals surface area contributed by atoms with E-state index >= 15 is 0 Å². The number of imidazole rings is 1. The van der Waals surface area contributed by atoms with Crippen LogP contribution in [0.2, 0.25) is 0 Å². The Kier molecular flexibility index (Phi) is 18.1. The topological polar surface area (TPSA) is 85.6 Å². The molecule has 9 nitrogen and oxygen atoms in total. The van der Waals surface area contributed by atoms with E-state index in [4.69, 9.17) is 14.5 Å². The molecule has 0 amide bonds. The highest BCUT2D eigenvalue weighted by atomic mass is 19.1. The van der Waals surface area contributed by atoms with Crippen molar-refractivity contribution in [1.82, 2.24) is 19.5 Å². The lowest BCUT2D eigenvalue weighted by Crippen LogP contribution is -2.44. The number of ether oxygens (including phenoxy) is 2. The molecular formula is C47H59FN6O3. The summed E-state index contributed by atoms with van der Waals surface area (Å²) in [4.78, 5) is 30.8. The summed E-state index contributed by atoms with van der Waals surface area (Å²) in [5.41, 5.74) is 3.02. The number of aromatic nitrogens is 4. The predicted octanol–water partition coefficient (Wildman–Crippen LogP) is 10.7. The van der Waals surface area contributed by atoms with Crippen molar-refractivity contribution in [2.75, 3.05) is 36.7 Å². The largest absolute Gasteiger partial charge is 0.440 e. The normalized spacial score (nSPS) is 14.1. The Morgan fingerprint density at radius 1 is 0.825 bits per heavy atom. The molecule has 0 aliphatic carbocycles. The number of nitrogens with zero attached hydrogens (tertiary/aromatic N) is 6. The Hall–Kier alpha value is -5.51. The van der Waals surface area contributed by atoms with Gasteiger partial charge in [-0.1, -0.05) is 98.4 Å². The van der Waals surface area contributed by atoms with Gasteiger partial charge in [0, 0.05) is 44.9 Å². The summed E-state index contributed by atoms with van der Waals surface area (Å²) >= 11 is 0. The summed E-state index contributed by atoms with van der Waals surface area (Å²) < 4.78 is 26.8. The van der Waals surface area contributed by atoms with Gasteiger partial charge >= 0.3 is 5.97 Å². The first-order chi connectivity index (χ1) is 28.0. The predicted molar refractivity (Wildman–Crippen MR) is 230 cm³/mol. The van der Waals surface area contributed by atoms with Gasteiger partial charge in [-0.25, -0.2) is 14.4 Å². The molecule has 0 N–H and O–H groups in total. The minimum Gasteiger partial charge on any atom is -0.440 e. The molecule has 0 saturated carbocycles. The third kappa shape index (κ3) is 14.5. The van der Waals surface area contributed by atoms with E-state index in [2.05, 4.69) is 98.1 Å². The van der Waals surface area contributed by atoms with E-state index in [-0.39, 0.29) is 24.6 Å². The van der Waals surface area contributed by atoms with E-state index < -0.39 is 0 Å². The van der Waals surface area contributed by atoms with Crippen LogP contribution in [0.5, 0.6) is 5.88 Å². The number of rotatable bonds is 23. The number of hydrogen-bond donors (Lipinski definition) is 0. The number of fused-ring (bicyclic) bond motifs is 1. The Morgan fingerprint density at radius 3 is 2.19 bits per heavy atom. The van der Waals surface area contributed by atoms with Gasteiger partial charge in [-0.2, -0.15) is 4.98 Å². The van der Waals surface area contributed by atoms with Gasteiger partial charge < -0.3 is 23.8 Å². The molecule has 57 heavy (non-hydrogen) atoms. The Bertz CT molecular complexity index is 1940. The first-order valence-corrected chi connectivity index (χ1v) is 20.6. The lowest BCUT2D eigenvalue weighted by Gasteiger charge is -2.37. The second-order valence-electron chi connectivity index (χ2n) is 14.2. The van der Waals surface area contributed by atoms with E-state index in [1.54, 1.807) is 12.3 Å². The minimum atomic E-state index is -0.269. The van der Waals surface area contributed by atoms with Crippen LogP contribution in [-0.2, 0) is 16.1 Å². The average Bonchev–Trinajstić information content (AvgIpc) is 3.60. The molecular weight excluding hydrogens is 716 g/mol. The van der Waals surface area contributed by atoms with Crippen LogP contribution >= 0.6 is 0 Å². The Balaban J connectivity index is 0.946. The van der Waals surface area contributed by atoms with Gasteiger partial charge in [0.05, 0.1) is 17.6 Å². The number of allylic oxidation sites excluding steroid dienone is 10. The molecule has 1 fully saturated rings. The molecule has 5 rings (SSSR count). The highest BCUT2D eigenvalue weighted by Crippen LogP contribution is 2.28. The number of halogens is 1. The second kappa shape index (κ2) is 24.2. The molecule has 1 saturated heterocycles. The molecule has 0 atom stereocenters. The van der Waals surface area contributed by atoms with Gasteiger partial charge in [0.25, 0.3) is 0 Å². The molecule has 1 aliphatic heterocycles. The van der Waals surface area contributed by atoms with Crippen molar-refractivity contribution < 1.29 is 18.7 Å². The van der Waals surface area contributed by atoms with Crippen molar-refractivity contribution >= 4 is 28.9 Å². The Labute approximate surface area is 338 Å². The van der Waals surface area contributed by atoms with Crippen LogP contribution in [-0.4, -0.2) is 58.5 Å². The van der Waals surface area contributed by atoms with Gasteiger partial charge in [0.2, 0.25) is 24.6 Å². The van der Waals surface area contributed by atoms with Gasteiger partial charge in [-0.3, -0.25) is 4.79 Å². The zero-order valence-electron chi connectivity index (χ0n) is 33.7. The zero-order valence-corrected chi connectivity index (χ0v) is 33.7. The maximum Gasteiger partial charge on any atom is 0.308 e. The zero-order chi connectivity index (χ0) is 39.9. The average molecular weight is 775 g/mol. The van der Waals surface area contributed by atoms with E-state index in [0.29, 0.717) is 24.8 Å². The standard InChI is InChI=1S/C47H59FN6O3/c1-3-4-5-6-7-8-9-10-11-12-13-14-15-16-17-18-19-20-21-26-45(55)57-38-56-44-31-34-49-46(51-44)52(2)41-32-35-53(36-33-41)47-50-42-24-22-23-25-43(42)54(47)37-39-27-29-40(48)30-28-39/h4-5,7-8,10-11,13-14,16-17,22-25,27-31,34,41H,3,6,9,12,15,18-21,26,32-33,35-38H2,1-2H3. The smallest absolute Gasteiger partial charge is 0.308 e. The monoisotopic (exact) mass is 774 g/mol. The number of carbonyl (C=O) groups excluding carboxylic acids is 1. The van der Waals surface area contributed by atoms with E-state index in [1.807, 2.05) is 37.4 Å². The van der Waals surface area contributed by atoms with Crippen molar-refractivity contribution in [2.24, 2.45) is 0 Å². The second-order valence-corrected chi connectivity index (χ2v) is 14.2. The van der Waals surface area contributed by atoms with E-state index in [1.165, 1.54) is 12.1 Å². The maximum atomic E-state index is 13.6. The molecule has 2 aromatic heterocycles. The lowest BCUT2D eigenvalue weighted by atomic mass is 10.0. The van der Waals surface area contributed by atoms with Crippen LogP contribution in [0.3, 0.4) is 0 Å². The third-order valence-corrected chi connectivity index (χ3v) is 9.95. The van der Waals surface area contributed by atoms with Gasteiger partial charge in [0.1, 0.15) is 5.82 Å². The quantitative estimate of drug-likeness (QED) is 0.0319. The Morgan fingerprint density at radius 2 is 1.49 bits per heavy atom. The fourth-order valence-electron chi connectivity index (χ4n) is 6.74. The SMILES string of the molecule is CCC=CCC=CCC=CCC=CCC=CCCCCCC(=O)OCOc1ccnc(N(C)C2CCN(c3nc4ccccc4n3Cc3ccc(F)cc3)CC2)n1.